The van der Waals surface area contributed by atoms with Crippen LogP contribution in [0.2, 0.25) is 0 Å². The molecule has 3 aromatic rings. The fourth-order valence-corrected chi connectivity index (χ4v) is 3.58. The average molecular weight is 347 g/mol. The summed E-state index contributed by atoms with van der Waals surface area (Å²) in [5.74, 6) is 0.578. The fraction of sp³-hybridized carbons (Fsp3) is 0.300. The minimum absolute atomic E-state index is 0.578. The number of morpholine rings is 1. The van der Waals surface area contributed by atoms with Crippen LogP contribution in [0.15, 0.2) is 47.5 Å². The molecule has 0 aliphatic carbocycles. The summed E-state index contributed by atoms with van der Waals surface area (Å²) in [5, 5.41) is 14.2. The molecule has 6 heteroatoms. The second-order valence-electron chi connectivity index (χ2n) is 6.23. The zero-order valence-electron chi connectivity index (χ0n) is 14.8. The van der Waals surface area contributed by atoms with Gasteiger partial charge in [-0.05, 0) is 31.2 Å². The summed E-state index contributed by atoms with van der Waals surface area (Å²) < 4.78 is 7.70. The van der Waals surface area contributed by atoms with Crippen LogP contribution >= 0.6 is 0 Å². The van der Waals surface area contributed by atoms with E-state index in [-0.39, 0.29) is 0 Å². The molecule has 132 valence electrons. The van der Waals surface area contributed by atoms with E-state index in [9.17, 15) is 0 Å². The van der Waals surface area contributed by atoms with Gasteiger partial charge >= 0.3 is 0 Å². The second kappa shape index (κ2) is 7.06. The van der Waals surface area contributed by atoms with E-state index in [4.69, 9.17) is 15.0 Å². The molecule has 0 spiro atoms. The van der Waals surface area contributed by atoms with Crippen LogP contribution in [-0.2, 0) is 11.3 Å². The summed E-state index contributed by atoms with van der Waals surface area (Å²) >= 11 is 0. The SMILES string of the molecule is CCn1c2ccccc2c2cc(N=C(NC#N)N3CCOCC3)ccc21. The smallest absolute Gasteiger partial charge is 0.212 e. The normalized spacial score (nSPS) is 15.4. The van der Waals surface area contributed by atoms with Crippen LogP contribution in [0.5, 0.6) is 0 Å². The number of guanidine groups is 1. The van der Waals surface area contributed by atoms with Crippen molar-refractivity contribution in [2.75, 3.05) is 26.3 Å². The Bertz CT molecular complexity index is 1010. The minimum Gasteiger partial charge on any atom is -0.378 e. The van der Waals surface area contributed by atoms with Crippen molar-refractivity contribution in [1.29, 1.82) is 5.26 Å². The third-order valence-electron chi connectivity index (χ3n) is 4.79. The monoisotopic (exact) mass is 347 g/mol. The molecule has 1 N–H and O–H groups in total. The lowest BCUT2D eigenvalue weighted by Gasteiger charge is -2.28. The number of benzene rings is 2. The number of hydrogen-bond acceptors (Lipinski definition) is 3. The van der Waals surface area contributed by atoms with Crippen LogP contribution in [-0.4, -0.2) is 41.7 Å². The van der Waals surface area contributed by atoms with E-state index in [0.717, 1.165) is 25.3 Å². The molecule has 1 aliphatic rings. The molecule has 1 aromatic heterocycles. The van der Waals surface area contributed by atoms with Gasteiger partial charge in [-0.1, -0.05) is 18.2 Å². The highest BCUT2D eigenvalue weighted by molar-refractivity contribution is 6.09. The highest BCUT2D eigenvalue weighted by Crippen LogP contribution is 2.31. The molecule has 0 unspecified atom stereocenters. The van der Waals surface area contributed by atoms with E-state index < -0.39 is 0 Å². The van der Waals surface area contributed by atoms with Gasteiger partial charge in [0.2, 0.25) is 5.96 Å². The van der Waals surface area contributed by atoms with Crippen molar-refractivity contribution < 1.29 is 4.74 Å². The molecule has 1 aliphatic heterocycles. The maximum Gasteiger partial charge on any atom is 0.212 e. The summed E-state index contributed by atoms with van der Waals surface area (Å²) in [6.45, 7) is 5.83. The number of aromatic nitrogens is 1. The molecule has 26 heavy (non-hydrogen) atoms. The number of nitrogens with one attached hydrogen (secondary N) is 1. The summed E-state index contributed by atoms with van der Waals surface area (Å²) in [5.41, 5.74) is 3.27. The molecule has 0 amide bonds. The average Bonchev–Trinajstić information content (AvgIpc) is 3.01. The molecule has 0 bridgehead atoms. The second-order valence-corrected chi connectivity index (χ2v) is 6.23. The molecule has 2 aromatic carbocycles. The van der Waals surface area contributed by atoms with E-state index in [1.54, 1.807) is 0 Å². The number of fused-ring (bicyclic) bond motifs is 3. The van der Waals surface area contributed by atoms with E-state index in [1.165, 1.54) is 21.8 Å². The molecule has 4 rings (SSSR count). The fourth-order valence-electron chi connectivity index (χ4n) is 3.58. The maximum atomic E-state index is 9.09. The topological polar surface area (TPSA) is 65.6 Å². The van der Waals surface area contributed by atoms with Crippen LogP contribution in [0.4, 0.5) is 5.69 Å². The van der Waals surface area contributed by atoms with Gasteiger partial charge in [0.05, 0.1) is 18.9 Å². The molecule has 0 radical (unpaired) electrons. The van der Waals surface area contributed by atoms with Crippen molar-refractivity contribution >= 4 is 33.5 Å². The predicted molar refractivity (Wildman–Crippen MR) is 103 cm³/mol. The summed E-state index contributed by atoms with van der Waals surface area (Å²) in [6.07, 6.45) is 2.00. The lowest BCUT2D eigenvalue weighted by Crippen LogP contribution is -2.45. The Labute approximate surface area is 152 Å². The number of nitrogens with zero attached hydrogens (tertiary/aromatic N) is 4. The molecule has 2 heterocycles. The van der Waals surface area contributed by atoms with Crippen LogP contribution in [0, 0.1) is 11.5 Å². The van der Waals surface area contributed by atoms with Gasteiger partial charge in [-0.25, -0.2) is 4.99 Å². The van der Waals surface area contributed by atoms with Gasteiger partial charge in [0.1, 0.15) is 0 Å². The van der Waals surface area contributed by atoms with Crippen molar-refractivity contribution in [3.8, 4) is 6.19 Å². The molecular formula is C20H21N5O. The van der Waals surface area contributed by atoms with Gasteiger partial charge in [0, 0.05) is 41.4 Å². The number of ether oxygens (including phenoxy) is 1. The third-order valence-corrected chi connectivity index (χ3v) is 4.79. The lowest BCUT2D eigenvalue weighted by molar-refractivity contribution is 0.0670. The van der Waals surface area contributed by atoms with Crippen molar-refractivity contribution in [2.45, 2.75) is 13.5 Å². The summed E-state index contributed by atoms with van der Waals surface area (Å²) in [7, 11) is 0. The zero-order valence-corrected chi connectivity index (χ0v) is 14.8. The molecule has 0 saturated carbocycles. The van der Waals surface area contributed by atoms with Crippen LogP contribution < -0.4 is 5.32 Å². The predicted octanol–water partition coefficient (Wildman–Crippen LogP) is 3.20. The zero-order chi connectivity index (χ0) is 17.9. The van der Waals surface area contributed by atoms with E-state index in [0.29, 0.717) is 19.2 Å². The Morgan fingerprint density at radius 2 is 1.92 bits per heavy atom. The van der Waals surface area contributed by atoms with Crippen LogP contribution in [0.25, 0.3) is 21.8 Å². The Kier molecular flexibility index (Phi) is 4.46. The lowest BCUT2D eigenvalue weighted by atomic mass is 10.1. The Hall–Kier alpha value is -3.04. The van der Waals surface area contributed by atoms with Crippen LogP contribution in [0.3, 0.4) is 0 Å². The van der Waals surface area contributed by atoms with Gasteiger partial charge in [-0.3, -0.25) is 5.32 Å². The van der Waals surface area contributed by atoms with E-state index in [2.05, 4.69) is 53.2 Å². The quantitative estimate of drug-likeness (QED) is 0.335. The number of nitriles is 1. The van der Waals surface area contributed by atoms with Crippen molar-refractivity contribution in [3.63, 3.8) is 0 Å². The summed E-state index contributed by atoms with van der Waals surface area (Å²) in [4.78, 5) is 6.76. The largest absolute Gasteiger partial charge is 0.378 e. The minimum atomic E-state index is 0.578. The van der Waals surface area contributed by atoms with Crippen molar-refractivity contribution in [2.24, 2.45) is 4.99 Å². The Balaban J connectivity index is 1.81. The van der Waals surface area contributed by atoms with Gasteiger partial charge in [-0.15, -0.1) is 0 Å². The van der Waals surface area contributed by atoms with Gasteiger partial charge in [0.15, 0.2) is 6.19 Å². The molecule has 1 saturated heterocycles. The first-order valence-electron chi connectivity index (χ1n) is 8.89. The van der Waals surface area contributed by atoms with Crippen LogP contribution in [0.1, 0.15) is 6.92 Å². The maximum absolute atomic E-state index is 9.09. The van der Waals surface area contributed by atoms with E-state index >= 15 is 0 Å². The number of rotatable bonds is 2. The first-order valence-corrected chi connectivity index (χ1v) is 8.89. The van der Waals surface area contributed by atoms with E-state index in [1.807, 2.05) is 17.2 Å². The first kappa shape index (κ1) is 16.4. The molecule has 6 nitrogen and oxygen atoms in total. The highest BCUT2D eigenvalue weighted by Gasteiger charge is 2.16. The number of aliphatic imine (C=N–C) groups is 1. The number of hydrogen-bond donors (Lipinski definition) is 1. The standard InChI is InChI=1S/C20H21N5O/c1-2-25-18-6-4-3-5-16(18)17-13-15(7-8-19(17)25)23-20(22-14-21)24-9-11-26-12-10-24/h3-8,13H,2,9-12H2,1H3,(H,22,23). The summed E-state index contributed by atoms with van der Waals surface area (Å²) in [6, 6.07) is 14.6. The van der Waals surface area contributed by atoms with Gasteiger partial charge < -0.3 is 14.2 Å². The molecule has 0 atom stereocenters. The highest BCUT2D eigenvalue weighted by atomic mass is 16.5. The molecular weight excluding hydrogens is 326 g/mol. The Morgan fingerprint density at radius 1 is 1.15 bits per heavy atom. The first-order chi connectivity index (χ1) is 12.8. The molecule has 1 fully saturated rings. The third kappa shape index (κ3) is 2.87. The van der Waals surface area contributed by atoms with Gasteiger partial charge in [0.25, 0.3) is 0 Å². The number of aryl methyl sites for hydroxylation is 1. The van der Waals surface area contributed by atoms with Gasteiger partial charge in [-0.2, -0.15) is 5.26 Å². The van der Waals surface area contributed by atoms with Crippen molar-refractivity contribution in [1.82, 2.24) is 14.8 Å². The van der Waals surface area contributed by atoms with Crippen molar-refractivity contribution in [3.05, 3.63) is 42.5 Å². The Morgan fingerprint density at radius 3 is 2.69 bits per heavy atom. The number of para-hydroxylation sites is 1.